The Bertz CT molecular complexity index is 658. The van der Waals surface area contributed by atoms with Gasteiger partial charge in [0, 0.05) is 33.2 Å². The molecule has 0 atom stereocenters. The molecule has 3 nitrogen and oxygen atoms in total. The highest BCUT2D eigenvalue weighted by atomic mass is 16.1. The molecule has 1 saturated heterocycles. The van der Waals surface area contributed by atoms with Gasteiger partial charge in [-0.3, -0.25) is 4.79 Å². The number of nitrogens with zero attached hydrogens (tertiary/aromatic N) is 2. The van der Waals surface area contributed by atoms with Crippen LogP contribution in [-0.4, -0.2) is 49.4 Å². The van der Waals surface area contributed by atoms with Crippen LogP contribution < -0.4 is 0 Å². The topological polar surface area (TPSA) is 23.6 Å². The molecule has 1 aliphatic heterocycles. The van der Waals surface area contributed by atoms with E-state index in [1.807, 2.05) is 7.05 Å². The first-order valence-electron chi connectivity index (χ1n) is 8.98. The Hall–Kier alpha value is -2.39. The fraction of sp³-hybridized carbons (Fsp3) is 0.318. The largest absolute Gasteiger partial charge is 0.347 e. The zero-order valence-corrected chi connectivity index (χ0v) is 14.9. The number of amides is 1. The fourth-order valence-corrected chi connectivity index (χ4v) is 3.43. The van der Waals surface area contributed by atoms with E-state index in [-0.39, 0.29) is 0 Å². The molecule has 0 spiro atoms. The van der Waals surface area contributed by atoms with Gasteiger partial charge < -0.3 is 9.80 Å². The lowest BCUT2D eigenvalue weighted by Gasteiger charge is -2.31. The van der Waals surface area contributed by atoms with Crippen molar-refractivity contribution in [3.05, 3.63) is 77.4 Å². The van der Waals surface area contributed by atoms with Gasteiger partial charge in [0.25, 0.3) is 0 Å². The van der Waals surface area contributed by atoms with E-state index in [2.05, 4.69) is 65.6 Å². The van der Waals surface area contributed by atoms with Crippen LogP contribution in [0, 0.1) is 0 Å². The number of piperidine rings is 1. The number of carbonyl (C=O) groups is 1. The van der Waals surface area contributed by atoms with Crippen molar-refractivity contribution in [2.24, 2.45) is 0 Å². The highest BCUT2D eigenvalue weighted by Crippen LogP contribution is 2.32. The lowest BCUT2D eigenvalue weighted by molar-refractivity contribution is -0.117. The first kappa shape index (κ1) is 17.4. The van der Waals surface area contributed by atoms with Gasteiger partial charge in [-0.1, -0.05) is 66.2 Å². The lowest BCUT2D eigenvalue weighted by atomic mass is 9.88. The van der Waals surface area contributed by atoms with Crippen LogP contribution in [0.15, 0.2) is 66.2 Å². The molecule has 0 N–H and O–H groups in total. The third-order valence-corrected chi connectivity index (χ3v) is 4.89. The second-order valence-electron chi connectivity index (χ2n) is 6.64. The van der Waals surface area contributed by atoms with Crippen LogP contribution in [0.3, 0.4) is 0 Å². The van der Waals surface area contributed by atoms with Gasteiger partial charge in [-0.2, -0.15) is 0 Å². The molecule has 0 radical (unpaired) electrons. The number of carbonyl (C=O) groups excluding carboxylic acids is 1. The number of hydrogen-bond donors (Lipinski definition) is 0. The molecule has 3 rings (SSSR count). The van der Waals surface area contributed by atoms with Crippen LogP contribution in [0.2, 0.25) is 0 Å². The van der Waals surface area contributed by atoms with Gasteiger partial charge in [0.1, 0.15) is 0 Å². The number of likely N-dealkylation sites (tertiary alicyclic amines) is 1. The minimum Gasteiger partial charge on any atom is -0.347 e. The quantitative estimate of drug-likeness (QED) is 0.753. The van der Waals surface area contributed by atoms with Crippen LogP contribution >= 0.6 is 0 Å². The molecule has 3 heteroatoms. The van der Waals surface area contributed by atoms with E-state index in [9.17, 15) is 4.79 Å². The summed E-state index contributed by atoms with van der Waals surface area (Å²) < 4.78 is 0. The highest BCUT2D eigenvalue weighted by molar-refractivity contribution is 5.82. The smallest absolute Gasteiger partial charge is 0.209 e. The highest BCUT2D eigenvalue weighted by Gasteiger charge is 2.18. The Kier molecular flexibility index (Phi) is 6.02. The first-order chi connectivity index (χ1) is 12.3. The Morgan fingerprint density at radius 3 is 1.96 bits per heavy atom. The van der Waals surface area contributed by atoms with Crippen molar-refractivity contribution in [2.75, 3.05) is 33.2 Å². The van der Waals surface area contributed by atoms with Gasteiger partial charge in [0.15, 0.2) is 0 Å². The molecule has 25 heavy (non-hydrogen) atoms. The summed E-state index contributed by atoms with van der Waals surface area (Å²) in [6, 6.07) is 21.4. The third kappa shape index (κ3) is 4.58. The van der Waals surface area contributed by atoms with Crippen molar-refractivity contribution >= 4 is 12.0 Å². The summed E-state index contributed by atoms with van der Waals surface area (Å²) in [5.41, 5.74) is 5.54. The van der Waals surface area contributed by atoms with Gasteiger partial charge in [-0.25, -0.2) is 0 Å². The number of hydrogen-bond acceptors (Lipinski definition) is 2. The van der Waals surface area contributed by atoms with Gasteiger partial charge in [-0.15, -0.1) is 0 Å². The second kappa shape index (κ2) is 8.63. The molecule has 1 amide bonds. The fourth-order valence-electron chi connectivity index (χ4n) is 3.43. The summed E-state index contributed by atoms with van der Waals surface area (Å²) in [5.74, 6) is 0. The standard InChI is InChI=1S/C22H26N2O/c1-23(18-25)16-17-24-14-12-21(13-15-24)22(19-8-4-2-5-9-19)20-10-6-3-7-11-20/h2-11,18H,12-17H2,1H3. The number of likely N-dealkylation sites (N-methyl/N-ethyl adjacent to an activating group) is 1. The number of benzene rings is 2. The molecular formula is C22H26N2O. The van der Waals surface area contributed by atoms with Crippen molar-refractivity contribution in [3.63, 3.8) is 0 Å². The molecule has 130 valence electrons. The molecule has 2 aromatic carbocycles. The zero-order valence-electron chi connectivity index (χ0n) is 14.9. The normalized spacial score (nSPS) is 15.0. The average molecular weight is 334 g/mol. The monoisotopic (exact) mass is 334 g/mol. The third-order valence-electron chi connectivity index (χ3n) is 4.89. The molecule has 0 unspecified atom stereocenters. The Labute approximate surface area is 150 Å². The van der Waals surface area contributed by atoms with E-state index in [0.29, 0.717) is 0 Å². The summed E-state index contributed by atoms with van der Waals surface area (Å²) in [7, 11) is 1.84. The van der Waals surface area contributed by atoms with Crippen molar-refractivity contribution in [1.29, 1.82) is 0 Å². The van der Waals surface area contributed by atoms with Crippen LogP contribution in [0.25, 0.3) is 5.57 Å². The van der Waals surface area contributed by atoms with Crippen LogP contribution in [-0.2, 0) is 4.79 Å². The minimum atomic E-state index is 0.798. The van der Waals surface area contributed by atoms with Crippen LogP contribution in [0.4, 0.5) is 0 Å². The van der Waals surface area contributed by atoms with Crippen molar-refractivity contribution in [2.45, 2.75) is 12.8 Å². The zero-order chi connectivity index (χ0) is 17.5. The first-order valence-corrected chi connectivity index (χ1v) is 8.98. The predicted octanol–water partition coefficient (Wildman–Crippen LogP) is 3.67. The summed E-state index contributed by atoms with van der Waals surface area (Å²) >= 11 is 0. The summed E-state index contributed by atoms with van der Waals surface area (Å²) in [4.78, 5) is 14.9. The molecule has 1 aliphatic rings. The maximum absolute atomic E-state index is 10.7. The SMILES string of the molecule is CN(C=O)CCN1CCC(=C(c2ccccc2)c2ccccc2)CC1. The minimum absolute atomic E-state index is 0.798. The molecule has 2 aromatic rings. The van der Waals surface area contributed by atoms with Gasteiger partial charge in [0.05, 0.1) is 0 Å². The molecule has 1 heterocycles. The van der Waals surface area contributed by atoms with E-state index in [4.69, 9.17) is 0 Å². The number of rotatable bonds is 6. The molecule has 0 saturated carbocycles. The Morgan fingerprint density at radius 2 is 1.48 bits per heavy atom. The van der Waals surface area contributed by atoms with E-state index >= 15 is 0 Å². The molecule has 0 aromatic heterocycles. The van der Waals surface area contributed by atoms with Crippen molar-refractivity contribution < 1.29 is 4.79 Å². The summed E-state index contributed by atoms with van der Waals surface area (Å²) in [5, 5.41) is 0. The van der Waals surface area contributed by atoms with Gasteiger partial charge in [-0.05, 0) is 29.5 Å². The van der Waals surface area contributed by atoms with E-state index in [1.165, 1.54) is 22.3 Å². The lowest BCUT2D eigenvalue weighted by Crippen LogP contribution is -2.37. The maximum atomic E-state index is 10.7. The van der Waals surface area contributed by atoms with E-state index in [1.54, 1.807) is 4.90 Å². The van der Waals surface area contributed by atoms with Crippen LogP contribution in [0.5, 0.6) is 0 Å². The predicted molar refractivity (Wildman–Crippen MR) is 103 cm³/mol. The summed E-state index contributed by atoms with van der Waals surface area (Å²) in [6.45, 7) is 3.87. The molecular weight excluding hydrogens is 308 g/mol. The van der Waals surface area contributed by atoms with Crippen molar-refractivity contribution in [3.8, 4) is 0 Å². The molecule has 0 aliphatic carbocycles. The van der Waals surface area contributed by atoms with Gasteiger partial charge >= 0.3 is 0 Å². The summed E-state index contributed by atoms with van der Waals surface area (Å²) in [6.07, 6.45) is 3.08. The Morgan fingerprint density at radius 1 is 0.960 bits per heavy atom. The maximum Gasteiger partial charge on any atom is 0.209 e. The second-order valence-corrected chi connectivity index (χ2v) is 6.64. The Balaban J connectivity index is 1.79. The van der Waals surface area contributed by atoms with Crippen LogP contribution in [0.1, 0.15) is 24.0 Å². The van der Waals surface area contributed by atoms with Gasteiger partial charge in [0.2, 0.25) is 6.41 Å². The van der Waals surface area contributed by atoms with E-state index < -0.39 is 0 Å². The molecule has 0 bridgehead atoms. The van der Waals surface area contributed by atoms with E-state index in [0.717, 1.165) is 45.4 Å². The van der Waals surface area contributed by atoms with Crippen molar-refractivity contribution in [1.82, 2.24) is 9.80 Å². The molecule has 1 fully saturated rings. The average Bonchev–Trinajstić information content (AvgIpc) is 2.69.